The van der Waals surface area contributed by atoms with Gasteiger partial charge in [0.1, 0.15) is 0 Å². The fraction of sp³-hybridized carbons (Fsp3) is 0.200. The molecule has 28 heavy (non-hydrogen) atoms. The standard InChI is InChI=1S/C20H18ClN3O3S/c21-15-5-8-17-18(9-10-22-19(17)13-15)23-20(25)14-3-6-16(7-4-14)28(26,27)24-11-1-2-12-24/h3-10,13H,1-2,11-12H2,(H,22,23,25). The van der Waals surface area contributed by atoms with Crippen molar-refractivity contribution in [3.8, 4) is 0 Å². The Morgan fingerprint density at radius 1 is 1.04 bits per heavy atom. The number of benzene rings is 2. The molecule has 0 unspecified atom stereocenters. The highest BCUT2D eigenvalue weighted by atomic mass is 35.5. The summed E-state index contributed by atoms with van der Waals surface area (Å²) in [5.74, 6) is -0.326. The largest absolute Gasteiger partial charge is 0.321 e. The maximum absolute atomic E-state index is 12.6. The molecule has 1 fully saturated rings. The monoisotopic (exact) mass is 415 g/mol. The molecule has 2 aromatic carbocycles. The molecule has 1 aliphatic rings. The van der Waals surface area contributed by atoms with Gasteiger partial charge in [0.05, 0.1) is 16.1 Å². The Labute approximate surface area is 168 Å². The number of pyridine rings is 1. The molecule has 0 aliphatic carbocycles. The molecular weight excluding hydrogens is 398 g/mol. The summed E-state index contributed by atoms with van der Waals surface area (Å²) in [7, 11) is -3.49. The number of sulfonamides is 1. The minimum Gasteiger partial charge on any atom is -0.321 e. The van der Waals surface area contributed by atoms with E-state index in [0.29, 0.717) is 34.9 Å². The third kappa shape index (κ3) is 3.61. The summed E-state index contributed by atoms with van der Waals surface area (Å²) >= 11 is 5.99. The van der Waals surface area contributed by atoms with Gasteiger partial charge in [0.25, 0.3) is 5.91 Å². The van der Waals surface area contributed by atoms with Crippen molar-refractivity contribution in [2.24, 2.45) is 0 Å². The third-order valence-electron chi connectivity index (χ3n) is 4.77. The van der Waals surface area contributed by atoms with Gasteiger partial charge in [-0.15, -0.1) is 0 Å². The first-order valence-electron chi connectivity index (χ1n) is 8.91. The number of nitrogens with zero attached hydrogens (tertiary/aromatic N) is 2. The Morgan fingerprint density at radius 2 is 1.75 bits per heavy atom. The minimum absolute atomic E-state index is 0.204. The molecule has 0 atom stereocenters. The Kier molecular flexibility index (Phi) is 5.05. The average molecular weight is 416 g/mol. The fourth-order valence-electron chi connectivity index (χ4n) is 3.28. The number of anilines is 1. The molecular formula is C20H18ClN3O3S. The summed E-state index contributed by atoms with van der Waals surface area (Å²) in [5, 5.41) is 4.19. The smallest absolute Gasteiger partial charge is 0.255 e. The van der Waals surface area contributed by atoms with Crippen LogP contribution in [0.15, 0.2) is 59.6 Å². The van der Waals surface area contributed by atoms with Crippen LogP contribution in [0, 0.1) is 0 Å². The normalized spacial score (nSPS) is 15.0. The van der Waals surface area contributed by atoms with E-state index in [-0.39, 0.29) is 10.8 Å². The zero-order valence-corrected chi connectivity index (χ0v) is 16.5. The maximum atomic E-state index is 12.6. The number of hydrogen-bond acceptors (Lipinski definition) is 4. The maximum Gasteiger partial charge on any atom is 0.255 e. The van der Waals surface area contributed by atoms with E-state index in [0.717, 1.165) is 18.2 Å². The number of rotatable bonds is 4. The van der Waals surface area contributed by atoms with Crippen molar-refractivity contribution in [2.75, 3.05) is 18.4 Å². The second kappa shape index (κ2) is 7.50. The van der Waals surface area contributed by atoms with E-state index in [4.69, 9.17) is 11.6 Å². The van der Waals surface area contributed by atoms with E-state index in [1.54, 1.807) is 30.5 Å². The predicted molar refractivity (Wildman–Crippen MR) is 109 cm³/mol. The van der Waals surface area contributed by atoms with Gasteiger partial charge in [0, 0.05) is 35.3 Å². The van der Waals surface area contributed by atoms with Crippen LogP contribution in [0.2, 0.25) is 5.02 Å². The summed E-state index contributed by atoms with van der Waals surface area (Å²) in [6.07, 6.45) is 3.36. The van der Waals surface area contributed by atoms with E-state index < -0.39 is 10.0 Å². The third-order valence-corrected chi connectivity index (χ3v) is 6.92. The Hall–Kier alpha value is -2.48. The molecule has 0 radical (unpaired) electrons. The molecule has 144 valence electrons. The van der Waals surface area contributed by atoms with Crippen LogP contribution < -0.4 is 5.32 Å². The van der Waals surface area contributed by atoms with Gasteiger partial charge in [-0.1, -0.05) is 11.6 Å². The molecule has 1 amide bonds. The second-order valence-electron chi connectivity index (χ2n) is 6.61. The number of aromatic nitrogens is 1. The molecule has 2 heterocycles. The van der Waals surface area contributed by atoms with Gasteiger partial charge in [-0.2, -0.15) is 4.31 Å². The number of carbonyl (C=O) groups excluding carboxylic acids is 1. The Bertz CT molecular complexity index is 1140. The molecule has 1 aliphatic heterocycles. The van der Waals surface area contributed by atoms with Crippen LogP contribution in [-0.4, -0.2) is 36.7 Å². The van der Waals surface area contributed by atoms with Gasteiger partial charge >= 0.3 is 0 Å². The first kappa shape index (κ1) is 18.9. The van der Waals surface area contributed by atoms with Crippen LogP contribution in [0.25, 0.3) is 10.9 Å². The minimum atomic E-state index is -3.49. The molecule has 8 heteroatoms. The lowest BCUT2D eigenvalue weighted by Crippen LogP contribution is -2.27. The fourth-order valence-corrected chi connectivity index (χ4v) is 4.96. The van der Waals surface area contributed by atoms with Gasteiger partial charge < -0.3 is 5.32 Å². The number of nitrogens with one attached hydrogen (secondary N) is 1. The van der Waals surface area contributed by atoms with Crippen LogP contribution in [0.3, 0.4) is 0 Å². The molecule has 6 nitrogen and oxygen atoms in total. The van der Waals surface area contributed by atoms with Gasteiger partial charge in [-0.3, -0.25) is 9.78 Å². The SMILES string of the molecule is O=C(Nc1ccnc2cc(Cl)ccc12)c1ccc(S(=O)(=O)N2CCCC2)cc1. The van der Waals surface area contributed by atoms with Crippen LogP contribution in [0.4, 0.5) is 5.69 Å². The summed E-state index contributed by atoms with van der Waals surface area (Å²) in [6, 6.07) is 13.0. The lowest BCUT2D eigenvalue weighted by molar-refractivity contribution is 0.102. The number of amides is 1. The summed E-state index contributed by atoms with van der Waals surface area (Å²) in [6.45, 7) is 1.09. The highest BCUT2D eigenvalue weighted by Gasteiger charge is 2.27. The summed E-state index contributed by atoms with van der Waals surface area (Å²) in [5.41, 5.74) is 1.66. The van der Waals surface area contributed by atoms with Crippen LogP contribution in [-0.2, 0) is 10.0 Å². The number of hydrogen-bond donors (Lipinski definition) is 1. The second-order valence-corrected chi connectivity index (χ2v) is 8.98. The lowest BCUT2D eigenvalue weighted by Gasteiger charge is -2.15. The van der Waals surface area contributed by atoms with E-state index in [2.05, 4.69) is 10.3 Å². The molecule has 1 N–H and O–H groups in total. The Balaban J connectivity index is 1.56. The summed E-state index contributed by atoms with van der Waals surface area (Å²) < 4.78 is 26.7. The molecule has 4 rings (SSSR count). The van der Waals surface area contributed by atoms with Crippen molar-refractivity contribution in [3.05, 3.63) is 65.3 Å². The first-order chi connectivity index (χ1) is 13.4. The highest BCUT2D eigenvalue weighted by Crippen LogP contribution is 2.25. The van der Waals surface area contributed by atoms with Crippen molar-refractivity contribution in [2.45, 2.75) is 17.7 Å². The Morgan fingerprint density at radius 3 is 2.46 bits per heavy atom. The van der Waals surface area contributed by atoms with Crippen LogP contribution >= 0.6 is 11.6 Å². The van der Waals surface area contributed by atoms with Crippen molar-refractivity contribution in [3.63, 3.8) is 0 Å². The van der Waals surface area contributed by atoms with Crippen molar-refractivity contribution >= 4 is 44.1 Å². The van der Waals surface area contributed by atoms with Crippen LogP contribution in [0.1, 0.15) is 23.2 Å². The van der Waals surface area contributed by atoms with Gasteiger partial charge in [0.15, 0.2) is 0 Å². The van der Waals surface area contributed by atoms with Crippen molar-refractivity contribution in [1.82, 2.24) is 9.29 Å². The number of carbonyl (C=O) groups is 1. The van der Waals surface area contributed by atoms with Crippen LogP contribution in [0.5, 0.6) is 0 Å². The highest BCUT2D eigenvalue weighted by molar-refractivity contribution is 7.89. The number of halogens is 1. The molecule has 1 aromatic heterocycles. The molecule has 3 aromatic rings. The van der Waals surface area contributed by atoms with Gasteiger partial charge in [-0.05, 0) is 61.4 Å². The van der Waals surface area contributed by atoms with Crippen molar-refractivity contribution in [1.29, 1.82) is 0 Å². The van der Waals surface area contributed by atoms with E-state index in [1.165, 1.54) is 28.6 Å². The van der Waals surface area contributed by atoms with E-state index in [9.17, 15) is 13.2 Å². The molecule has 0 spiro atoms. The summed E-state index contributed by atoms with van der Waals surface area (Å²) in [4.78, 5) is 17.1. The lowest BCUT2D eigenvalue weighted by atomic mass is 10.1. The number of fused-ring (bicyclic) bond motifs is 1. The zero-order valence-electron chi connectivity index (χ0n) is 14.9. The van der Waals surface area contributed by atoms with Crippen molar-refractivity contribution < 1.29 is 13.2 Å². The molecule has 0 saturated carbocycles. The first-order valence-corrected chi connectivity index (χ1v) is 10.7. The predicted octanol–water partition coefficient (Wildman–Crippen LogP) is 3.93. The topological polar surface area (TPSA) is 79.4 Å². The molecule has 1 saturated heterocycles. The average Bonchev–Trinajstić information content (AvgIpc) is 3.24. The molecule has 0 bridgehead atoms. The zero-order chi connectivity index (χ0) is 19.7. The van der Waals surface area contributed by atoms with Gasteiger partial charge in [-0.25, -0.2) is 8.42 Å². The van der Waals surface area contributed by atoms with Gasteiger partial charge in [0.2, 0.25) is 10.0 Å². The van der Waals surface area contributed by atoms with E-state index >= 15 is 0 Å². The van der Waals surface area contributed by atoms with E-state index in [1.807, 2.05) is 0 Å². The quantitative estimate of drug-likeness (QED) is 0.700.